The maximum Gasteiger partial charge on any atom is 0.302 e. The molecule has 8 heteroatoms. The van der Waals surface area contributed by atoms with Gasteiger partial charge in [0, 0.05) is 21.9 Å². The summed E-state index contributed by atoms with van der Waals surface area (Å²) in [5.74, 6) is 0.661. The smallest absolute Gasteiger partial charge is 0.302 e. The monoisotopic (exact) mass is 492 g/mol. The molecule has 1 aromatic heterocycles. The fourth-order valence-corrected chi connectivity index (χ4v) is 5.08. The first-order valence-electron chi connectivity index (χ1n) is 10.3. The number of imidazole rings is 1. The highest BCUT2D eigenvalue weighted by Gasteiger charge is 2.21. The van der Waals surface area contributed by atoms with E-state index in [9.17, 15) is 4.79 Å². The van der Waals surface area contributed by atoms with Gasteiger partial charge in [0.2, 0.25) is 0 Å². The predicted molar refractivity (Wildman–Crippen MR) is 128 cm³/mol. The number of esters is 1. The van der Waals surface area contributed by atoms with Crippen molar-refractivity contribution >= 4 is 40.9 Å². The van der Waals surface area contributed by atoms with Gasteiger partial charge in [-0.25, -0.2) is 4.98 Å². The van der Waals surface area contributed by atoms with E-state index in [1.807, 2.05) is 42.5 Å². The van der Waals surface area contributed by atoms with Crippen molar-refractivity contribution in [3.05, 3.63) is 75.7 Å². The molecule has 0 bridgehead atoms. The number of nitrogens with zero attached hydrogens (tertiary/aromatic N) is 2. The van der Waals surface area contributed by atoms with Gasteiger partial charge >= 0.3 is 5.97 Å². The summed E-state index contributed by atoms with van der Waals surface area (Å²) in [6, 6.07) is 15.5. The second-order valence-electron chi connectivity index (χ2n) is 7.55. The lowest BCUT2D eigenvalue weighted by Gasteiger charge is -2.14. The van der Waals surface area contributed by atoms with Gasteiger partial charge in [-0.05, 0) is 29.7 Å². The highest BCUT2D eigenvalue weighted by atomic mass is 35.5. The van der Waals surface area contributed by atoms with Crippen LogP contribution in [0.5, 0.6) is 0 Å². The summed E-state index contributed by atoms with van der Waals surface area (Å²) >= 11 is 14.0. The van der Waals surface area contributed by atoms with Gasteiger partial charge in [-0.15, -0.1) is 0 Å². The average molecular weight is 493 g/mol. The largest absolute Gasteiger partial charge is 0.464 e. The van der Waals surface area contributed by atoms with Crippen LogP contribution in [0.15, 0.2) is 58.5 Å². The summed E-state index contributed by atoms with van der Waals surface area (Å²) in [6.07, 6.45) is 0. The quantitative estimate of drug-likeness (QED) is 0.293. The van der Waals surface area contributed by atoms with Gasteiger partial charge in [-0.2, -0.15) is 0 Å². The lowest BCUT2D eigenvalue weighted by molar-refractivity contribution is -0.141. The maximum atomic E-state index is 11.3. The first kappa shape index (κ1) is 24.6. The van der Waals surface area contributed by atoms with Crippen LogP contribution in [0.2, 0.25) is 10.0 Å². The molecule has 5 nitrogen and oxygen atoms in total. The molecule has 1 heterocycles. The van der Waals surface area contributed by atoms with Crippen LogP contribution in [0.4, 0.5) is 0 Å². The number of aromatic nitrogens is 2. The highest BCUT2D eigenvalue weighted by Crippen LogP contribution is 2.37. The second-order valence-corrected chi connectivity index (χ2v) is 9.49. The Morgan fingerprint density at radius 1 is 1.09 bits per heavy atom. The van der Waals surface area contributed by atoms with Crippen molar-refractivity contribution in [2.75, 3.05) is 6.61 Å². The van der Waals surface area contributed by atoms with E-state index in [2.05, 4.69) is 18.4 Å². The Morgan fingerprint density at radius 2 is 1.78 bits per heavy atom. The lowest BCUT2D eigenvalue weighted by atomic mass is 10.1. The first-order chi connectivity index (χ1) is 15.3. The average Bonchev–Trinajstić information content (AvgIpc) is 3.05. The van der Waals surface area contributed by atoms with E-state index in [0.29, 0.717) is 29.8 Å². The Balaban J connectivity index is 1.89. The third-order valence-corrected chi connectivity index (χ3v) is 6.12. The third-order valence-electron chi connectivity index (χ3n) is 4.59. The number of ether oxygens (including phenoxy) is 2. The van der Waals surface area contributed by atoms with Crippen molar-refractivity contribution in [3.63, 3.8) is 0 Å². The molecule has 0 unspecified atom stereocenters. The number of hydrogen-bond acceptors (Lipinski definition) is 5. The first-order valence-corrected chi connectivity index (χ1v) is 11.9. The molecule has 2 aromatic carbocycles. The predicted octanol–water partition coefficient (Wildman–Crippen LogP) is 6.74. The maximum absolute atomic E-state index is 11.3. The van der Waals surface area contributed by atoms with Gasteiger partial charge < -0.3 is 14.0 Å². The lowest BCUT2D eigenvalue weighted by Crippen LogP contribution is -2.13. The highest BCUT2D eigenvalue weighted by molar-refractivity contribution is 7.99. The summed E-state index contributed by atoms with van der Waals surface area (Å²) in [6.45, 7) is 7.15. The van der Waals surface area contributed by atoms with E-state index in [1.54, 1.807) is 17.8 Å². The van der Waals surface area contributed by atoms with E-state index >= 15 is 0 Å². The van der Waals surface area contributed by atoms with E-state index in [0.717, 1.165) is 27.0 Å². The summed E-state index contributed by atoms with van der Waals surface area (Å²) in [5, 5.41) is 2.11. The minimum Gasteiger partial charge on any atom is -0.464 e. The van der Waals surface area contributed by atoms with Crippen molar-refractivity contribution in [1.82, 2.24) is 9.55 Å². The minimum atomic E-state index is -0.313. The zero-order valence-corrected chi connectivity index (χ0v) is 20.6. The van der Waals surface area contributed by atoms with Crippen LogP contribution in [-0.2, 0) is 34.0 Å². The van der Waals surface area contributed by atoms with Crippen LogP contribution in [0, 0.1) is 0 Å². The van der Waals surface area contributed by atoms with Crippen LogP contribution in [0.25, 0.3) is 0 Å². The van der Waals surface area contributed by atoms with Crippen molar-refractivity contribution in [3.8, 4) is 0 Å². The van der Waals surface area contributed by atoms with Crippen LogP contribution >= 0.6 is 35.0 Å². The van der Waals surface area contributed by atoms with Crippen molar-refractivity contribution in [1.29, 1.82) is 0 Å². The third kappa shape index (κ3) is 7.01. The molecular formula is C24H26Cl2N2O3S. The summed E-state index contributed by atoms with van der Waals surface area (Å²) < 4.78 is 13.2. The van der Waals surface area contributed by atoms with Crippen molar-refractivity contribution in [2.45, 2.75) is 56.4 Å². The molecule has 32 heavy (non-hydrogen) atoms. The second kappa shape index (κ2) is 11.8. The molecule has 0 radical (unpaired) electrons. The zero-order chi connectivity index (χ0) is 23.1. The van der Waals surface area contributed by atoms with Gasteiger partial charge in [0.1, 0.15) is 24.1 Å². The van der Waals surface area contributed by atoms with Crippen LogP contribution < -0.4 is 0 Å². The molecule has 0 atom stereocenters. The van der Waals surface area contributed by atoms with Crippen LogP contribution in [0.1, 0.15) is 43.8 Å². The Kier molecular flexibility index (Phi) is 9.05. The van der Waals surface area contributed by atoms with Gasteiger partial charge in [0.25, 0.3) is 0 Å². The molecule has 0 spiro atoms. The van der Waals surface area contributed by atoms with E-state index in [4.69, 9.17) is 37.7 Å². The van der Waals surface area contributed by atoms with Crippen molar-refractivity contribution < 1.29 is 14.3 Å². The van der Waals surface area contributed by atoms with Crippen LogP contribution in [-0.4, -0.2) is 22.1 Å². The summed E-state index contributed by atoms with van der Waals surface area (Å²) in [7, 11) is 0. The number of halogens is 2. The molecule has 0 aliphatic carbocycles. The number of carbonyl (C=O) groups excluding carboxylic acids is 1. The molecule has 0 fully saturated rings. The molecule has 3 aromatic rings. The molecule has 0 aliphatic heterocycles. The van der Waals surface area contributed by atoms with Crippen molar-refractivity contribution in [2.24, 2.45) is 0 Å². The van der Waals surface area contributed by atoms with Gasteiger partial charge in [-0.1, -0.05) is 79.1 Å². The minimum absolute atomic E-state index is 0.190. The molecular weight excluding hydrogens is 467 g/mol. The molecule has 3 rings (SSSR count). The van der Waals surface area contributed by atoms with Crippen LogP contribution in [0.3, 0.4) is 0 Å². The molecule has 170 valence electrons. The van der Waals surface area contributed by atoms with Gasteiger partial charge in [0.15, 0.2) is 0 Å². The van der Waals surface area contributed by atoms with Gasteiger partial charge in [-0.3, -0.25) is 4.79 Å². The van der Waals surface area contributed by atoms with E-state index in [1.165, 1.54) is 6.92 Å². The fraction of sp³-hybridized carbons (Fsp3) is 0.333. The summed E-state index contributed by atoms with van der Waals surface area (Å²) in [4.78, 5) is 17.1. The standard InChI is InChI=1S/C24H26Cl2N2O3S/c1-16(2)23-24(32-21-12-19(25)11-20(26)13-21)28(9-10-31-17(3)29)22(27-23)15-30-14-18-7-5-4-6-8-18/h4-8,11-13,16H,9-10,14-15H2,1-3H3. The molecule has 0 saturated carbocycles. The molecule has 0 N–H and O–H groups in total. The Morgan fingerprint density at radius 3 is 2.41 bits per heavy atom. The Hall–Kier alpha value is -1.99. The number of carbonyl (C=O) groups is 1. The fourth-order valence-electron chi connectivity index (χ4n) is 3.14. The molecule has 0 saturated heterocycles. The SMILES string of the molecule is CC(=O)OCCn1c(COCc2ccccc2)nc(C(C)C)c1Sc1cc(Cl)cc(Cl)c1. The Bertz CT molecular complexity index is 1030. The number of rotatable bonds is 10. The topological polar surface area (TPSA) is 53.4 Å². The normalized spacial score (nSPS) is 11.2. The van der Waals surface area contributed by atoms with E-state index in [-0.39, 0.29) is 18.5 Å². The summed E-state index contributed by atoms with van der Waals surface area (Å²) in [5.41, 5.74) is 2.05. The Labute approximate surface area is 203 Å². The van der Waals surface area contributed by atoms with E-state index < -0.39 is 0 Å². The van der Waals surface area contributed by atoms with Gasteiger partial charge in [0.05, 0.1) is 18.8 Å². The molecule has 0 amide bonds. The number of hydrogen-bond donors (Lipinski definition) is 0. The zero-order valence-electron chi connectivity index (χ0n) is 18.3. The number of benzene rings is 2. The molecule has 0 aliphatic rings.